The van der Waals surface area contributed by atoms with E-state index in [2.05, 4.69) is 52.5 Å². The van der Waals surface area contributed by atoms with Gasteiger partial charge in [-0.05, 0) is 42.4 Å². The van der Waals surface area contributed by atoms with Gasteiger partial charge in [0.15, 0.2) is 0 Å². The molecule has 1 saturated heterocycles. The van der Waals surface area contributed by atoms with Gasteiger partial charge in [0.05, 0.1) is 11.9 Å². The van der Waals surface area contributed by atoms with Crippen LogP contribution >= 0.6 is 0 Å². The highest BCUT2D eigenvalue weighted by Crippen LogP contribution is 2.41. The van der Waals surface area contributed by atoms with E-state index in [9.17, 15) is 4.79 Å². The molecule has 0 unspecified atom stereocenters. The molecule has 1 saturated carbocycles. The summed E-state index contributed by atoms with van der Waals surface area (Å²) in [5, 5.41) is 12.8. The van der Waals surface area contributed by atoms with Crippen LogP contribution in [0.15, 0.2) is 48.7 Å². The third kappa shape index (κ3) is 4.14. The molecule has 2 heterocycles. The van der Waals surface area contributed by atoms with Gasteiger partial charge in [-0.25, -0.2) is 9.78 Å². The summed E-state index contributed by atoms with van der Waals surface area (Å²) in [5.74, 6) is -0.304. The summed E-state index contributed by atoms with van der Waals surface area (Å²) < 4.78 is 0. The maximum Gasteiger partial charge on any atom is 0.354 e. The van der Waals surface area contributed by atoms with E-state index in [1.165, 1.54) is 12.0 Å². The predicted octanol–water partition coefficient (Wildman–Crippen LogP) is 3.53. The molecule has 142 valence electrons. The van der Waals surface area contributed by atoms with E-state index in [0.717, 1.165) is 38.2 Å². The third-order valence-corrected chi connectivity index (χ3v) is 6.11. The smallest absolute Gasteiger partial charge is 0.354 e. The van der Waals surface area contributed by atoms with Crippen LogP contribution in [0.25, 0.3) is 0 Å². The number of piperidine rings is 1. The molecule has 5 heteroatoms. The van der Waals surface area contributed by atoms with Crippen LogP contribution in [-0.4, -0.2) is 41.7 Å². The Morgan fingerprint density at radius 2 is 1.96 bits per heavy atom. The predicted molar refractivity (Wildman–Crippen MR) is 106 cm³/mol. The number of hydrogen-bond acceptors (Lipinski definition) is 4. The largest absolute Gasteiger partial charge is 0.477 e. The van der Waals surface area contributed by atoms with Crippen molar-refractivity contribution in [2.45, 2.75) is 38.1 Å². The Bertz CT molecular complexity index is 783. The van der Waals surface area contributed by atoms with Crippen molar-refractivity contribution in [3.8, 4) is 0 Å². The minimum atomic E-state index is -0.979. The van der Waals surface area contributed by atoms with E-state index in [1.54, 1.807) is 12.3 Å². The Hall–Kier alpha value is -2.40. The third-order valence-electron chi connectivity index (χ3n) is 6.11. The molecule has 1 aliphatic heterocycles. The lowest BCUT2D eigenvalue weighted by Crippen LogP contribution is -2.44. The van der Waals surface area contributed by atoms with Crippen molar-refractivity contribution >= 4 is 11.7 Å². The molecule has 0 radical (unpaired) electrons. The number of carbonyl (C=O) groups is 1. The van der Waals surface area contributed by atoms with Crippen LogP contribution in [0, 0.1) is 5.41 Å². The average Bonchev–Trinajstić information content (AvgIpc) is 3.48. The summed E-state index contributed by atoms with van der Waals surface area (Å²) in [4.78, 5) is 17.3. The zero-order chi connectivity index (χ0) is 18.9. The van der Waals surface area contributed by atoms with Crippen molar-refractivity contribution in [2.75, 3.05) is 24.5 Å². The first-order chi connectivity index (χ1) is 13.0. The minimum absolute atomic E-state index is 0.0993. The molecule has 2 atom stereocenters. The highest BCUT2D eigenvalue weighted by atomic mass is 16.4. The lowest BCUT2D eigenvalue weighted by molar-refractivity contribution is 0.0690. The first-order valence-corrected chi connectivity index (χ1v) is 9.77. The number of rotatable bonds is 6. The van der Waals surface area contributed by atoms with Gasteiger partial charge < -0.3 is 15.3 Å². The quantitative estimate of drug-likeness (QED) is 0.820. The number of nitrogens with one attached hydrogen (secondary N) is 1. The van der Waals surface area contributed by atoms with Gasteiger partial charge in [-0.1, -0.05) is 37.3 Å². The second-order valence-electron chi connectivity index (χ2n) is 8.24. The molecule has 0 bridgehead atoms. The van der Waals surface area contributed by atoms with E-state index in [-0.39, 0.29) is 5.69 Å². The fraction of sp³-hybridized carbons (Fsp3) is 0.455. The molecule has 2 aromatic rings. The first-order valence-electron chi connectivity index (χ1n) is 9.77. The molecule has 1 aromatic carbocycles. The molecule has 2 N–H and O–H groups in total. The molecule has 0 spiro atoms. The molecular weight excluding hydrogens is 338 g/mol. The number of pyridine rings is 1. The fourth-order valence-electron chi connectivity index (χ4n) is 4.05. The molecule has 1 aromatic heterocycles. The highest BCUT2D eigenvalue weighted by molar-refractivity contribution is 5.85. The maximum atomic E-state index is 10.9. The molecule has 4 rings (SSSR count). The summed E-state index contributed by atoms with van der Waals surface area (Å²) in [6.07, 6.45) is 5.18. The fourth-order valence-corrected chi connectivity index (χ4v) is 4.05. The number of hydrogen-bond donors (Lipinski definition) is 2. The van der Waals surface area contributed by atoms with Gasteiger partial charge in [0.1, 0.15) is 5.69 Å². The van der Waals surface area contributed by atoms with Gasteiger partial charge in [-0.2, -0.15) is 0 Å². The van der Waals surface area contributed by atoms with Crippen molar-refractivity contribution < 1.29 is 9.90 Å². The Labute approximate surface area is 160 Å². The molecule has 2 fully saturated rings. The van der Waals surface area contributed by atoms with Crippen LogP contribution in [0.4, 0.5) is 5.69 Å². The normalized spacial score (nSPS) is 23.8. The topological polar surface area (TPSA) is 65.5 Å². The van der Waals surface area contributed by atoms with Crippen molar-refractivity contribution in [1.29, 1.82) is 0 Å². The van der Waals surface area contributed by atoms with Crippen LogP contribution in [0.3, 0.4) is 0 Å². The Kier molecular flexibility index (Phi) is 4.87. The average molecular weight is 365 g/mol. The molecule has 2 aliphatic rings. The SMILES string of the molecule is CC1(CN[C@@H]2C[C@H]2c2ccccc2)CCN(c2ccc(C(=O)O)nc2)CC1. The number of aromatic nitrogens is 1. The van der Waals surface area contributed by atoms with E-state index in [1.807, 2.05) is 6.07 Å². The molecule has 5 nitrogen and oxygen atoms in total. The first kappa shape index (κ1) is 18.0. The molecular formula is C22H27N3O2. The van der Waals surface area contributed by atoms with Crippen LogP contribution in [0.2, 0.25) is 0 Å². The van der Waals surface area contributed by atoms with Gasteiger partial charge >= 0.3 is 5.97 Å². The zero-order valence-electron chi connectivity index (χ0n) is 15.8. The van der Waals surface area contributed by atoms with E-state index in [0.29, 0.717) is 17.4 Å². The van der Waals surface area contributed by atoms with E-state index in [4.69, 9.17) is 5.11 Å². The summed E-state index contributed by atoms with van der Waals surface area (Å²) in [6.45, 7) is 5.41. The second-order valence-corrected chi connectivity index (χ2v) is 8.24. The second kappa shape index (κ2) is 7.31. The van der Waals surface area contributed by atoms with Crippen molar-refractivity contribution in [1.82, 2.24) is 10.3 Å². The summed E-state index contributed by atoms with van der Waals surface area (Å²) >= 11 is 0. The standard InChI is InChI=1S/C22H27N3O2/c1-22(15-24-20-13-18(20)16-5-3-2-4-6-16)9-11-25(12-10-22)17-7-8-19(21(26)27)23-14-17/h2-8,14,18,20,24H,9-13,15H2,1H3,(H,26,27)/t18-,20+/m0/s1. The van der Waals surface area contributed by atoms with Crippen LogP contribution in [-0.2, 0) is 0 Å². The Morgan fingerprint density at radius 3 is 2.59 bits per heavy atom. The molecule has 0 amide bonds. The van der Waals surface area contributed by atoms with Crippen LogP contribution in [0.1, 0.15) is 48.2 Å². The van der Waals surface area contributed by atoms with E-state index < -0.39 is 5.97 Å². The van der Waals surface area contributed by atoms with Gasteiger partial charge in [0, 0.05) is 31.6 Å². The zero-order valence-corrected chi connectivity index (χ0v) is 15.8. The molecule has 1 aliphatic carbocycles. The number of benzene rings is 1. The van der Waals surface area contributed by atoms with Gasteiger partial charge in [0.2, 0.25) is 0 Å². The highest BCUT2D eigenvalue weighted by Gasteiger charge is 2.40. The van der Waals surface area contributed by atoms with Crippen LogP contribution in [0.5, 0.6) is 0 Å². The van der Waals surface area contributed by atoms with Gasteiger partial charge in [-0.3, -0.25) is 0 Å². The monoisotopic (exact) mass is 365 g/mol. The summed E-state index contributed by atoms with van der Waals surface area (Å²) in [5.41, 5.74) is 2.88. The minimum Gasteiger partial charge on any atom is -0.477 e. The molecule has 27 heavy (non-hydrogen) atoms. The number of aromatic carboxylic acids is 1. The number of anilines is 1. The number of carboxylic acid groups (broad SMARTS) is 1. The van der Waals surface area contributed by atoms with Gasteiger partial charge in [0.25, 0.3) is 0 Å². The Balaban J connectivity index is 1.26. The summed E-state index contributed by atoms with van der Waals surface area (Å²) in [7, 11) is 0. The van der Waals surface area contributed by atoms with Crippen molar-refractivity contribution in [3.63, 3.8) is 0 Å². The van der Waals surface area contributed by atoms with Crippen LogP contribution < -0.4 is 10.2 Å². The van der Waals surface area contributed by atoms with E-state index >= 15 is 0 Å². The summed E-state index contributed by atoms with van der Waals surface area (Å²) in [6, 6.07) is 14.9. The maximum absolute atomic E-state index is 10.9. The lowest BCUT2D eigenvalue weighted by Gasteiger charge is -2.40. The van der Waals surface area contributed by atoms with Crippen molar-refractivity contribution in [3.05, 3.63) is 59.9 Å². The van der Waals surface area contributed by atoms with Gasteiger partial charge in [-0.15, -0.1) is 0 Å². The lowest BCUT2D eigenvalue weighted by atomic mass is 9.80. The number of carboxylic acids is 1. The number of nitrogens with zero attached hydrogens (tertiary/aromatic N) is 2. The van der Waals surface area contributed by atoms with Crippen molar-refractivity contribution in [2.24, 2.45) is 5.41 Å². The Morgan fingerprint density at radius 1 is 1.22 bits per heavy atom.